The molecule has 0 bridgehead atoms. The average molecular weight is 232 g/mol. The fourth-order valence-electron chi connectivity index (χ4n) is 2.17. The summed E-state index contributed by atoms with van der Waals surface area (Å²) in [4.78, 5) is 11.8. The minimum atomic E-state index is 0.190. The van der Waals surface area contributed by atoms with E-state index in [2.05, 4.69) is 17.4 Å². The maximum Gasteiger partial charge on any atom is 0.223 e. The Balaban J connectivity index is 1.73. The van der Waals surface area contributed by atoms with Crippen LogP contribution < -0.4 is 11.1 Å². The summed E-state index contributed by atoms with van der Waals surface area (Å²) in [5.74, 6) is 0.830. The van der Waals surface area contributed by atoms with Crippen molar-refractivity contribution in [1.29, 1.82) is 0 Å². The fraction of sp³-hybridized carbons (Fsp3) is 0.500. The lowest BCUT2D eigenvalue weighted by Crippen LogP contribution is -2.26. The maximum atomic E-state index is 11.8. The van der Waals surface area contributed by atoms with Crippen LogP contribution in [0.25, 0.3) is 0 Å². The predicted octanol–water partition coefficient (Wildman–Crippen LogP) is 1.65. The van der Waals surface area contributed by atoms with Crippen molar-refractivity contribution in [3.8, 4) is 0 Å². The zero-order valence-corrected chi connectivity index (χ0v) is 10.1. The summed E-state index contributed by atoms with van der Waals surface area (Å²) in [5.41, 5.74) is 6.69. The number of unbranched alkanes of at least 4 members (excludes halogenated alkanes) is 1. The molecule has 2 rings (SSSR count). The number of carbonyl (C=O) groups is 1. The van der Waals surface area contributed by atoms with Crippen LogP contribution in [0.2, 0.25) is 0 Å². The number of nitrogens with two attached hydrogens (primary N) is 1. The third kappa shape index (κ3) is 3.30. The summed E-state index contributed by atoms with van der Waals surface area (Å²) in [6.07, 6.45) is 2.95. The van der Waals surface area contributed by atoms with Crippen LogP contribution >= 0.6 is 0 Å². The Kier molecular flexibility index (Phi) is 4.15. The number of carbonyl (C=O) groups excluding carboxylic acids is 1. The van der Waals surface area contributed by atoms with Gasteiger partial charge in [0.05, 0.1) is 0 Å². The summed E-state index contributed by atoms with van der Waals surface area (Å²) >= 11 is 0. The second-order valence-electron chi connectivity index (χ2n) is 4.65. The van der Waals surface area contributed by atoms with Gasteiger partial charge in [-0.05, 0) is 37.3 Å². The molecule has 3 nitrogen and oxygen atoms in total. The number of benzene rings is 1. The van der Waals surface area contributed by atoms with E-state index in [4.69, 9.17) is 5.73 Å². The van der Waals surface area contributed by atoms with Crippen LogP contribution in [0, 0.1) is 5.92 Å². The van der Waals surface area contributed by atoms with Crippen molar-refractivity contribution in [1.82, 2.24) is 5.32 Å². The molecule has 1 amide bonds. The Labute approximate surface area is 102 Å². The Morgan fingerprint density at radius 3 is 2.76 bits per heavy atom. The van der Waals surface area contributed by atoms with Crippen LogP contribution in [-0.2, 0) is 4.79 Å². The Bertz CT molecular complexity index is 364. The molecule has 3 N–H and O–H groups in total. The van der Waals surface area contributed by atoms with Crippen molar-refractivity contribution < 1.29 is 4.79 Å². The summed E-state index contributed by atoms with van der Waals surface area (Å²) in [6.45, 7) is 1.46. The third-order valence-electron chi connectivity index (χ3n) is 3.29. The number of amides is 1. The summed E-state index contributed by atoms with van der Waals surface area (Å²) in [7, 11) is 0. The van der Waals surface area contributed by atoms with Gasteiger partial charge in [0.25, 0.3) is 0 Å². The van der Waals surface area contributed by atoms with E-state index in [1.54, 1.807) is 0 Å². The van der Waals surface area contributed by atoms with Gasteiger partial charge in [0.2, 0.25) is 5.91 Å². The van der Waals surface area contributed by atoms with Gasteiger partial charge >= 0.3 is 0 Å². The SMILES string of the molecule is NCCCCNC(=O)C1CC1c1ccccc1. The molecule has 0 aliphatic heterocycles. The van der Waals surface area contributed by atoms with E-state index in [1.165, 1.54) is 5.56 Å². The maximum absolute atomic E-state index is 11.8. The number of nitrogens with one attached hydrogen (secondary N) is 1. The summed E-state index contributed by atoms with van der Waals surface area (Å²) in [5, 5.41) is 2.98. The Hall–Kier alpha value is -1.35. The largest absolute Gasteiger partial charge is 0.356 e. The lowest BCUT2D eigenvalue weighted by molar-refractivity contribution is -0.122. The highest BCUT2D eigenvalue weighted by molar-refractivity contribution is 5.82. The molecule has 0 heterocycles. The predicted molar refractivity (Wildman–Crippen MR) is 68.6 cm³/mol. The van der Waals surface area contributed by atoms with Crippen LogP contribution in [0.1, 0.15) is 30.7 Å². The number of hydrogen-bond donors (Lipinski definition) is 2. The smallest absolute Gasteiger partial charge is 0.223 e. The van der Waals surface area contributed by atoms with Crippen LogP contribution in [0.5, 0.6) is 0 Å². The highest BCUT2D eigenvalue weighted by Crippen LogP contribution is 2.47. The van der Waals surface area contributed by atoms with Crippen molar-refractivity contribution in [2.75, 3.05) is 13.1 Å². The van der Waals surface area contributed by atoms with E-state index >= 15 is 0 Å². The highest BCUT2D eigenvalue weighted by atomic mass is 16.2. The monoisotopic (exact) mass is 232 g/mol. The highest BCUT2D eigenvalue weighted by Gasteiger charge is 2.43. The second-order valence-corrected chi connectivity index (χ2v) is 4.65. The van der Waals surface area contributed by atoms with E-state index in [0.717, 1.165) is 25.8 Å². The van der Waals surface area contributed by atoms with Gasteiger partial charge in [-0.1, -0.05) is 30.3 Å². The molecular weight excluding hydrogens is 212 g/mol. The Morgan fingerprint density at radius 1 is 1.29 bits per heavy atom. The van der Waals surface area contributed by atoms with Crippen molar-refractivity contribution >= 4 is 5.91 Å². The van der Waals surface area contributed by atoms with Gasteiger partial charge in [-0.2, -0.15) is 0 Å². The summed E-state index contributed by atoms with van der Waals surface area (Å²) in [6, 6.07) is 10.3. The second kappa shape index (κ2) is 5.82. The van der Waals surface area contributed by atoms with Gasteiger partial charge in [-0.3, -0.25) is 4.79 Å². The van der Waals surface area contributed by atoms with Crippen LogP contribution in [0.4, 0.5) is 0 Å². The van der Waals surface area contributed by atoms with E-state index in [0.29, 0.717) is 12.5 Å². The van der Waals surface area contributed by atoms with Crippen molar-refractivity contribution in [2.45, 2.75) is 25.2 Å². The normalized spacial score (nSPS) is 22.2. The molecule has 2 atom stereocenters. The minimum absolute atomic E-state index is 0.190. The molecule has 0 radical (unpaired) electrons. The minimum Gasteiger partial charge on any atom is -0.356 e. The molecule has 1 aromatic carbocycles. The average Bonchev–Trinajstić information content (AvgIpc) is 3.16. The molecule has 1 saturated carbocycles. The molecule has 92 valence electrons. The van der Waals surface area contributed by atoms with Gasteiger partial charge in [-0.25, -0.2) is 0 Å². The molecule has 1 aliphatic carbocycles. The molecule has 0 aromatic heterocycles. The van der Waals surface area contributed by atoms with Crippen molar-refractivity contribution in [3.05, 3.63) is 35.9 Å². The lowest BCUT2D eigenvalue weighted by Gasteiger charge is -2.04. The molecule has 3 heteroatoms. The van der Waals surface area contributed by atoms with Crippen LogP contribution in [0.15, 0.2) is 30.3 Å². The standard InChI is InChI=1S/C14H20N2O/c15-8-4-5-9-16-14(17)13-10-12(13)11-6-2-1-3-7-11/h1-3,6-7,12-13H,4-5,8-10,15H2,(H,16,17). The van der Waals surface area contributed by atoms with Gasteiger partial charge in [0, 0.05) is 12.5 Å². The number of rotatable bonds is 6. The van der Waals surface area contributed by atoms with E-state index in [9.17, 15) is 4.79 Å². The first-order valence-electron chi connectivity index (χ1n) is 6.35. The first kappa shape index (κ1) is 12.1. The van der Waals surface area contributed by atoms with Crippen molar-refractivity contribution in [2.24, 2.45) is 11.7 Å². The number of hydrogen-bond acceptors (Lipinski definition) is 2. The molecule has 17 heavy (non-hydrogen) atoms. The lowest BCUT2D eigenvalue weighted by atomic mass is 10.1. The molecule has 1 aromatic rings. The molecule has 0 spiro atoms. The zero-order chi connectivity index (χ0) is 12.1. The first-order chi connectivity index (χ1) is 8.33. The summed E-state index contributed by atoms with van der Waals surface area (Å²) < 4.78 is 0. The molecule has 1 aliphatic rings. The van der Waals surface area contributed by atoms with Crippen molar-refractivity contribution in [3.63, 3.8) is 0 Å². The first-order valence-corrected chi connectivity index (χ1v) is 6.35. The van der Waals surface area contributed by atoms with E-state index in [1.807, 2.05) is 18.2 Å². The Morgan fingerprint density at radius 2 is 2.06 bits per heavy atom. The third-order valence-corrected chi connectivity index (χ3v) is 3.29. The van der Waals surface area contributed by atoms with Gasteiger partial charge in [-0.15, -0.1) is 0 Å². The fourth-order valence-corrected chi connectivity index (χ4v) is 2.17. The van der Waals surface area contributed by atoms with Gasteiger partial charge in [0.15, 0.2) is 0 Å². The molecule has 0 saturated heterocycles. The quantitative estimate of drug-likeness (QED) is 0.733. The van der Waals surface area contributed by atoms with Crippen LogP contribution in [0.3, 0.4) is 0 Å². The zero-order valence-electron chi connectivity index (χ0n) is 10.1. The molecule has 2 unspecified atom stereocenters. The van der Waals surface area contributed by atoms with Gasteiger partial charge in [0.1, 0.15) is 0 Å². The van der Waals surface area contributed by atoms with E-state index < -0.39 is 0 Å². The topological polar surface area (TPSA) is 55.1 Å². The molecular formula is C14H20N2O. The van der Waals surface area contributed by atoms with Crippen LogP contribution in [-0.4, -0.2) is 19.0 Å². The van der Waals surface area contributed by atoms with Gasteiger partial charge < -0.3 is 11.1 Å². The molecule has 1 fully saturated rings. The van der Waals surface area contributed by atoms with E-state index in [-0.39, 0.29) is 11.8 Å².